The van der Waals surface area contributed by atoms with Gasteiger partial charge in [-0.05, 0) is 18.2 Å². The zero-order chi connectivity index (χ0) is 20.1. The van der Waals surface area contributed by atoms with Gasteiger partial charge in [-0.3, -0.25) is 9.59 Å². The van der Waals surface area contributed by atoms with Crippen molar-refractivity contribution in [1.82, 2.24) is 15.1 Å². The van der Waals surface area contributed by atoms with Crippen LogP contribution in [0.1, 0.15) is 10.4 Å². The molecule has 0 saturated carbocycles. The third kappa shape index (κ3) is 4.65. The van der Waals surface area contributed by atoms with Crippen molar-refractivity contribution in [2.45, 2.75) is 4.34 Å². The number of rotatable bonds is 7. The lowest BCUT2D eigenvalue weighted by Gasteiger charge is -2.34. The molecule has 2 aromatic rings. The summed E-state index contributed by atoms with van der Waals surface area (Å²) >= 11 is 2.70. The Morgan fingerprint density at radius 2 is 1.86 bits per heavy atom. The Bertz CT molecular complexity index is 852. The molecule has 9 nitrogen and oxygen atoms in total. The van der Waals surface area contributed by atoms with Crippen LogP contribution in [0.25, 0.3) is 0 Å². The van der Waals surface area contributed by atoms with Gasteiger partial charge in [0.15, 0.2) is 15.8 Å². The van der Waals surface area contributed by atoms with E-state index in [1.165, 1.54) is 23.1 Å². The highest BCUT2D eigenvalue weighted by Crippen LogP contribution is 2.30. The van der Waals surface area contributed by atoms with Crippen LogP contribution in [-0.2, 0) is 4.79 Å². The lowest BCUT2D eigenvalue weighted by Crippen LogP contribution is -2.48. The lowest BCUT2D eigenvalue weighted by atomic mass is 10.1. The Balaban J connectivity index is 1.59. The summed E-state index contributed by atoms with van der Waals surface area (Å²) in [6, 6.07) is 5.17. The second-order valence-electron chi connectivity index (χ2n) is 5.95. The van der Waals surface area contributed by atoms with Crippen molar-refractivity contribution < 1.29 is 19.1 Å². The molecule has 0 unspecified atom stereocenters. The van der Waals surface area contributed by atoms with E-state index >= 15 is 0 Å². The van der Waals surface area contributed by atoms with E-state index in [0.717, 1.165) is 5.13 Å². The van der Waals surface area contributed by atoms with Crippen LogP contribution in [0.2, 0.25) is 0 Å². The summed E-state index contributed by atoms with van der Waals surface area (Å²) in [6.45, 7) is 2.48. The van der Waals surface area contributed by atoms with Gasteiger partial charge in [0.2, 0.25) is 11.0 Å². The van der Waals surface area contributed by atoms with Crippen LogP contribution in [0.4, 0.5) is 5.13 Å². The molecule has 1 aromatic carbocycles. The van der Waals surface area contributed by atoms with Crippen LogP contribution in [0.15, 0.2) is 22.5 Å². The molecule has 150 valence electrons. The number of carbonyl (C=O) groups excluding carboxylic acids is 2. The van der Waals surface area contributed by atoms with Gasteiger partial charge in [-0.2, -0.15) is 0 Å². The number of nitrogens with two attached hydrogens (primary N) is 1. The quantitative estimate of drug-likeness (QED) is 0.659. The molecule has 0 spiro atoms. The number of hydrogen-bond donors (Lipinski definition) is 1. The number of thioether (sulfide) groups is 1. The van der Waals surface area contributed by atoms with E-state index in [-0.39, 0.29) is 17.6 Å². The molecule has 1 aliphatic rings. The van der Waals surface area contributed by atoms with Crippen molar-refractivity contribution in [3.63, 3.8) is 0 Å². The SMILES string of the molecule is COc1ccc(C(=O)N2CCN(c3nnc(SCC(N)=O)s3)CC2)cc1OC. The van der Waals surface area contributed by atoms with Gasteiger partial charge in [0.25, 0.3) is 5.91 Å². The molecule has 3 rings (SSSR count). The van der Waals surface area contributed by atoms with Crippen LogP contribution in [0, 0.1) is 0 Å². The van der Waals surface area contributed by atoms with E-state index in [1.54, 1.807) is 32.4 Å². The summed E-state index contributed by atoms with van der Waals surface area (Å²) in [7, 11) is 3.10. The third-order valence-electron chi connectivity index (χ3n) is 4.20. The number of anilines is 1. The Kier molecular flexibility index (Phi) is 6.57. The number of amides is 2. The summed E-state index contributed by atoms with van der Waals surface area (Å²) in [5.74, 6) is 0.869. The van der Waals surface area contributed by atoms with E-state index in [9.17, 15) is 9.59 Å². The van der Waals surface area contributed by atoms with Crippen molar-refractivity contribution in [2.24, 2.45) is 5.73 Å². The number of methoxy groups -OCH3 is 2. The Labute approximate surface area is 170 Å². The molecule has 0 atom stereocenters. The third-order valence-corrected chi connectivity index (χ3v) is 6.34. The number of aromatic nitrogens is 2. The van der Waals surface area contributed by atoms with Crippen molar-refractivity contribution >= 4 is 40.0 Å². The zero-order valence-electron chi connectivity index (χ0n) is 15.6. The molecule has 1 saturated heterocycles. The normalized spacial score (nSPS) is 14.1. The van der Waals surface area contributed by atoms with Gasteiger partial charge in [-0.1, -0.05) is 23.1 Å². The minimum atomic E-state index is -0.385. The first-order chi connectivity index (χ1) is 13.5. The van der Waals surface area contributed by atoms with Crippen LogP contribution < -0.4 is 20.1 Å². The second-order valence-corrected chi connectivity index (χ2v) is 8.13. The number of piperazine rings is 1. The number of benzene rings is 1. The molecular formula is C17H21N5O4S2. The number of carbonyl (C=O) groups is 2. The van der Waals surface area contributed by atoms with Crippen LogP contribution in [0.3, 0.4) is 0 Å². The van der Waals surface area contributed by atoms with E-state index in [1.807, 2.05) is 4.90 Å². The molecule has 0 aliphatic carbocycles. The van der Waals surface area contributed by atoms with Gasteiger partial charge in [0, 0.05) is 31.7 Å². The maximum absolute atomic E-state index is 12.8. The summed E-state index contributed by atoms with van der Waals surface area (Å²) in [5.41, 5.74) is 5.71. The summed E-state index contributed by atoms with van der Waals surface area (Å²) < 4.78 is 11.2. The van der Waals surface area contributed by atoms with Crippen molar-refractivity contribution in [1.29, 1.82) is 0 Å². The van der Waals surface area contributed by atoms with E-state index in [2.05, 4.69) is 15.1 Å². The van der Waals surface area contributed by atoms with Crippen molar-refractivity contribution in [3.8, 4) is 11.5 Å². The fraction of sp³-hybridized carbons (Fsp3) is 0.412. The highest BCUT2D eigenvalue weighted by atomic mass is 32.2. The maximum atomic E-state index is 12.8. The topological polar surface area (TPSA) is 111 Å². The summed E-state index contributed by atoms with van der Waals surface area (Å²) in [5, 5.41) is 9.03. The van der Waals surface area contributed by atoms with Crippen LogP contribution in [-0.4, -0.2) is 73.1 Å². The molecule has 28 heavy (non-hydrogen) atoms. The molecule has 0 bridgehead atoms. The van der Waals surface area contributed by atoms with Gasteiger partial charge in [-0.25, -0.2) is 0 Å². The second kappa shape index (κ2) is 9.11. The minimum absolute atomic E-state index is 0.0458. The first-order valence-electron chi connectivity index (χ1n) is 8.52. The molecule has 11 heteroatoms. The molecule has 1 aliphatic heterocycles. The largest absolute Gasteiger partial charge is 0.493 e. The Morgan fingerprint density at radius 1 is 1.14 bits per heavy atom. The van der Waals surface area contributed by atoms with Crippen LogP contribution in [0.5, 0.6) is 11.5 Å². The predicted octanol–water partition coefficient (Wildman–Crippen LogP) is 1.10. The van der Waals surface area contributed by atoms with E-state index < -0.39 is 0 Å². The van der Waals surface area contributed by atoms with Gasteiger partial charge in [0.1, 0.15) is 0 Å². The lowest BCUT2D eigenvalue weighted by molar-refractivity contribution is -0.115. The number of hydrogen-bond acceptors (Lipinski definition) is 9. The molecule has 1 aromatic heterocycles. The summed E-state index contributed by atoms with van der Waals surface area (Å²) in [4.78, 5) is 27.6. The number of primary amides is 1. The maximum Gasteiger partial charge on any atom is 0.254 e. The van der Waals surface area contributed by atoms with Crippen molar-refractivity contribution in [3.05, 3.63) is 23.8 Å². The molecular weight excluding hydrogens is 402 g/mol. The molecule has 2 amide bonds. The van der Waals surface area contributed by atoms with E-state index in [0.29, 0.717) is 47.6 Å². The summed E-state index contributed by atoms with van der Waals surface area (Å²) in [6.07, 6.45) is 0. The molecule has 0 radical (unpaired) electrons. The number of nitrogens with zero attached hydrogens (tertiary/aromatic N) is 4. The van der Waals surface area contributed by atoms with Crippen molar-refractivity contribution in [2.75, 3.05) is 51.1 Å². The van der Waals surface area contributed by atoms with Crippen LogP contribution >= 0.6 is 23.1 Å². The minimum Gasteiger partial charge on any atom is -0.493 e. The van der Waals surface area contributed by atoms with Gasteiger partial charge in [-0.15, -0.1) is 10.2 Å². The van der Waals surface area contributed by atoms with E-state index in [4.69, 9.17) is 15.2 Å². The Hall–Kier alpha value is -2.53. The predicted molar refractivity (Wildman–Crippen MR) is 107 cm³/mol. The number of ether oxygens (including phenoxy) is 2. The first-order valence-corrected chi connectivity index (χ1v) is 10.3. The fourth-order valence-electron chi connectivity index (χ4n) is 2.77. The van der Waals surface area contributed by atoms with Gasteiger partial charge in [0.05, 0.1) is 20.0 Å². The smallest absolute Gasteiger partial charge is 0.254 e. The Morgan fingerprint density at radius 3 is 2.50 bits per heavy atom. The highest BCUT2D eigenvalue weighted by Gasteiger charge is 2.25. The molecule has 1 fully saturated rings. The van der Waals surface area contributed by atoms with Gasteiger partial charge < -0.3 is 25.0 Å². The fourth-order valence-corrected chi connectivity index (χ4v) is 4.41. The average Bonchev–Trinajstić information content (AvgIpc) is 3.20. The first kappa shape index (κ1) is 20.2. The monoisotopic (exact) mass is 423 g/mol. The van der Waals surface area contributed by atoms with Gasteiger partial charge >= 0.3 is 0 Å². The standard InChI is InChI=1S/C17H21N5O4S2/c1-25-12-4-3-11(9-13(12)26-2)15(24)21-5-7-22(8-6-21)16-19-20-17(28-16)27-10-14(18)23/h3-4,9H,5-8,10H2,1-2H3,(H2,18,23). The average molecular weight is 424 g/mol. The molecule has 2 heterocycles. The molecule has 2 N–H and O–H groups in total. The zero-order valence-corrected chi connectivity index (χ0v) is 17.2. The highest BCUT2D eigenvalue weighted by molar-refractivity contribution is 8.01.